The fourth-order valence-electron chi connectivity index (χ4n) is 3.33. The lowest BCUT2D eigenvalue weighted by molar-refractivity contribution is -0.0350. The van der Waals surface area contributed by atoms with Crippen molar-refractivity contribution in [3.63, 3.8) is 0 Å². The van der Waals surface area contributed by atoms with Crippen molar-refractivity contribution in [3.8, 4) is 16.9 Å². The normalized spacial score (nSPS) is 20.5. The lowest BCUT2D eigenvalue weighted by atomic mass is 10.0. The van der Waals surface area contributed by atoms with Gasteiger partial charge in [-0.2, -0.15) is 0 Å². The average Bonchev–Trinajstić information content (AvgIpc) is 2.61. The van der Waals surface area contributed by atoms with E-state index in [0.29, 0.717) is 13.1 Å². The molecule has 4 nitrogen and oxygen atoms in total. The summed E-state index contributed by atoms with van der Waals surface area (Å²) < 4.78 is 6.86. The molecule has 0 aliphatic carbocycles. The number of piperidine rings is 1. The molecule has 1 saturated heterocycles. The molecule has 0 saturated carbocycles. The molecule has 3 rings (SSSR count). The maximum Gasteiger partial charge on any atom is 0.119 e. The Labute approximate surface area is 163 Å². The van der Waals surface area contributed by atoms with E-state index in [1.54, 1.807) is 6.92 Å². The van der Waals surface area contributed by atoms with Gasteiger partial charge in [-0.15, -0.1) is 0 Å². The summed E-state index contributed by atoms with van der Waals surface area (Å²) in [5, 5.41) is 20.4. The van der Waals surface area contributed by atoms with Crippen LogP contribution in [0.1, 0.15) is 19.8 Å². The number of ether oxygens (including phenoxy) is 1. The molecule has 2 unspecified atom stereocenters. The number of hydrogen-bond acceptors (Lipinski definition) is 4. The van der Waals surface area contributed by atoms with E-state index in [1.165, 1.54) is 0 Å². The third-order valence-electron chi connectivity index (χ3n) is 4.63. The molecule has 0 radical (unpaired) electrons. The number of β-amino-alcohol motifs (C(OH)–C–C–N with tert-alkyl or cyclic N) is 2. The predicted molar refractivity (Wildman–Crippen MR) is 107 cm³/mol. The number of halogens is 1. The average molecular weight is 420 g/mol. The Morgan fingerprint density at radius 2 is 1.73 bits per heavy atom. The highest BCUT2D eigenvalue weighted by atomic mass is 79.9. The van der Waals surface area contributed by atoms with Crippen molar-refractivity contribution >= 4 is 15.9 Å². The van der Waals surface area contributed by atoms with Crippen molar-refractivity contribution in [1.82, 2.24) is 4.90 Å². The van der Waals surface area contributed by atoms with E-state index < -0.39 is 5.60 Å². The molecule has 2 aromatic rings. The number of hydrogen-bond donors (Lipinski definition) is 2. The lowest BCUT2D eigenvalue weighted by Gasteiger charge is -2.35. The molecule has 0 aromatic heterocycles. The minimum Gasteiger partial charge on any atom is -0.491 e. The fraction of sp³-hybridized carbons (Fsp3) is 0.429. The van der Waals surface area contributed by atoms with E-state index in [4.69, 9.17) is 4.74 Å². The number of benzene rings is 2. The van der Waals surface area contributed by atoms with E-state index in [1.807, 2.05) is 36.4 Å². The summed E-state index contributed by atoms with van der Waals surface area (Å²) in [6, 6.07) is 16.1. The zero-order valence-corrected chi connectivity index (χ0v) is 16.7. The number of rotatable bonds is 6. The molecule has 1 aliphatic heterocycles. The number of nitrogens with zero attached hydrogens (tertiary/aromatic N) is 1. The van der Waals surface area contributed by atoms with Gasteiger partial charge in [-0.25, -0.2) is 0 Å². The van der Waals surface area contributed by atoms with E-state index in [9.17, 15) is 10.2 Å². The summed E-state index contributed by atoms with van der Waals surface area (Å²) in [6.07, 6.45) is 1.53. The number of aliphatic hydroxyl groups is 2. The summed E-state index contributed by atoms with van der Waals surface area (Å²) in [4.78, 5) is 2.11. The molecule has 1 fully saturated rings. The van der Waals surface area contributed by atoms with Gasteiger partial charge in [0.2, 0.25) is 0 Å². The second-order valence-electron chi connectivity index (χ2n) is 7.35. The van der Waals surface area contributed by atoms with Crippen LogP contribution in [0.3, 0.4) is 0 Å². The first-order valence-corrected chi connectivity index (χ1v) is 9.82. The summed E-state index contributed by atoms with van der Waals surface area (Å²) in [5.41, 5.74) is 1.32. The van der Waals surface area contributed by atoms with Crippen LogP contribution in [0.15, 0.2) is 53.0 Å². The third-order valence-corrected chi connectivity index (χ3v) is 5.16. The minimum absolute atomic E-state index is 0.219. The van der Waals surface area contributed by atoms with Crippen LogP contribution in [0.25, 0.3) is 11.1 Å². The molecule has 2 aromatic carbocycles. The van der Waals surface area contributed by atoms with Gasteiger partial charge in [0.1, 0.15) is 18.0 Å². The van der Waals surface area contributed by atoms with E-state index in [2.05, 4.69) is 33.0 Å². The highest BCUT2D eigenvalue weighted by Gasteiger charge is 2.28. The highest BCUT2D eigenvalue weighted by molar-refractivity contribution is 9.10. The zero-order chi connectivity index (χ0) is 18.6. The number of aliphatic hydroxyl groups excluding tert-OH is 1. The Kier molecular flexibility index (Phi) is 6.35. The van der Waals surface area contributed by atoms with Gasteiger partial charge in [0.25, 0.3) is 0 Å². The van der Waals surface area contributed by atoms with Crippen molar-refractivity contribution in [3.05, 3.63) is 53.0 Å². The predicted octanol–water partition coefficient (Wildman–Crippen LogP) is 3.70. The van der Waals surface area contributed by atoms with Crippen molar-refractivity contribution in [2.75, 3.05) is 26.2 Å². The van der Waals surface area contributed by atoms with Gasteiger partial charge in [0, 0.05) is 17.6 Å². The van der Waals surface area contributed by atoms with Gasteiger partial charge in [-0.05, 0) is 61.7 Å². The SMILES string of the molecule is CC(O)(COc1ccc(-c2ccc(Br)cc2)cc1)CN1CCCC(O)C1. The molecular weight excluding hydrogens is 394 g/mol. The first kappa shape index (κ1) is 19.4. The third kappa shape index (κ3) is 5.55. The van der Waals surface area contributed by atoms with Crippen LogP contribution in [-0.4, -0.2) is 53.1 Å². The standard InChI is InChI=1S/C21H26BrNO3/c1-21(25,14-23-12-2-3-19(24)13-23)15-26-20-10-6-17(7-11-20)16-4-8-18(22)9-5-16/h4-11,19,24-25H,2-3,12-15H2,1H3. The van der Waals surface area contributed by atoms with Crippen LogP contribution in [0.2, 0.25) is 0 Å². The molecular formula is C21H26BrNO3. The van der Waals surface area contributed by atoms with Gasteiger partial charge in [-0.3, -0.25) is 4.90 Å². The summed E-state index contributed by atoms with van der Waals surface area (Å²) >= 11 is 3.45. The lowest BCUT2D eigenvalue weighted by Crippen LogP contribution is -2.49. The smallest absolute Gasteiger partial charge is 0.119 e. The Balaban J connectivity index is 1.54. The van der Waals surface area contributed by atoms with Crippen LogP contribution in [0.5, 0.6) is 5.75 Å². The van der Waals surface area contributed by atoms with Crippen LogP contribution in [-0.2, 0) is 0 Å². The first-order valence-electron chi connectivity index (χ1n) is 9.03. The summed E-state index contributed by atoms with van der Waals surface area (Å²) in [7, 11) is 0. The quantitative estimate of drug-likeness (QED) is 0.749. The molecule has 2 atom stereocenters. The topological polar surface area (TPSA) is 52.9 Å². The Morgan fingerprint density at radius 1 is 1.12 bits per heavy atom. The fourth-order valence-corrected chi connectivity index (χ4v) is 3.59. The van der Waals surface area contributed by atoms with Crippen molar-refractivity contribution in [1.29, 1.82) is 0 Å². The molecule has 0 bridgehead atoms. The molecule has 0 spiro atoms. The number of likely N-dealkylation sites (tertiary alicyclic amines) is 1. The summed E-state index contributed by atoms with van der Waals surface area (Å²) in [6.45, 7) is 4.04. The largest absolute Gasteiger partial charge is 0.491 e. The van der Waals surface area contributed by atoms with Gasteiger partial charge >= 0.3 is 0 Å². The minimum atomic E-state index is -0.957. The van der Waals surface area contributed by atoms with Gasteiger partial charge < -0.3 is 14.9 Å². The first-order chi connectivity index (χ1) is 12.4. The Morgan fingerprint density at radius 3 is 2.35 bits per heavy atom. The van der Waals surface area contributed by atoms with Crippen LogP contribution >= 0.6 is 15.9 Å². The van der Waals surface area contributed by atoms with E-state index in [-0.39, 0.29) is 12.7 Å². The van der Waals surface area contributed by atoms with Gasteiger partial charge in [-0.1, -0.05) is 40.2 Å². The second kappa shape index (κ2) is 8.53. The molecule has 1 heterocycles. The maximum atomic E-state index is 10.6. The molecule has 140 valence electrons. The van der Waals surface area contributed by atoms with Crippen molar-refractivity contribution in [2.24, 2.45) is 0 Å². The van der Waals surface area contributed by atoms with Crippen LogP contribution in [0, 0.1) is 0 Å². The van der Waals surface area contributed by atoms with Crippen LogP contribution in [0.4, 0.5) is 0 Å². The Bertz CT molecular complexity index is 700. The van der Waals surface area contributed by atoms with Crippen LogP contribution < -0.4 is 4.74 Å². The molecule has 5 heteroatoms. The highest BCUT2D eigenvalue weighted by Crippen LogP contribution is 2.24. The van der Waals surface area contributed by atoms with E-state index >= 15 is 0 Å². The molecule has 0 amide bonds. The molecule has 26 heavy (non-hydrogen) atoms. The monoisotopic (exact) mass is 419 g/mol. The van der Waals surface area contributed by atoms with Crippen molar-refractivity contribution < 1.29 is 14.9 Å². The molecule has 2 N–H and O–H groups in total. The molecule has 1 aliphatic rings. The van der Waals surface area contributed by atoms with Gasteiger partial charge in [0.15, 0.2) is 0 Å². The van der Waals surface area contributed by atoms with Gasteiger partial charge in [0.05, 0.1) is 6.10 Å². The van der Waals surface area contributed by atoms with E-state index in [0.717, 1.165) is 40.7 Å². The maximum absolute atomic E-state index is 10.6. The zero-order valence-electron chi connectivity index (χ0n) is 15.1. The summed E-state index contributed by atoms with van der Waals surface area (Å²) in [5.74, 6) is 0.741. The Hall–Kier alpha value is -1.40. The second-order valence-corrected chi connectivity index (χ2v) is 8.26. The van der Waals surface area contributed by atoms with Crippen molar-refractivity contribution in [2.45, 2.75) is 31.5 Å².